The molecule has 0 fully saturated rings. The van der Waals surface area contributed by atoms with Crippen LogP contribution < -0.4 is 0 Å². The summed E-state index contributed by atoms with van der Waals surface area (Å²) in [5.74, 6) is 0. The molecule has 86 valence electrons. The smallest absolute Gasteiger partial charge is 0.0148 e. The fraction of sp³-hybridized carbons (Fsp3) is 0.571. The minimum Gasteiger partial charge on any atom is -0.120 e. The van der Waals surface area contributed by atoms with Gasteiger partial charge in [-0.25, -0.2) is 0 Å². The van der Waals surface area contributed by atoms with Crippen molar-refractivity contribution in [2.75, 3.05) is 0 Å². The third-order valence-electron chi connectivity index (χ3n) is 2.25. The van der Waals surface area contributed by atoms with E-state index in [4.69, 9.17) is 0 Å². The third-order valence-corrected chi connectivity index (χ3v) is 3.86. The highest BCUT2D eigenvalue weighted by Gasteiger charge is 2.17. The van der Waals surface area contributed by atoms with Gasteiger partial charge < -0.3 is 0 Å². The second kappa shape index (κ2) is 6.22. The molecule has 0 unspecified atom stereocenters. The summed E-state index contributed by atoms with van der Waals surface area (Å²) < 4.78 is 0.312. The summed E-state index contributed by atoms with van der Waals surface area (Å²) in [7, 11) is 0. The van der Waals surface area contributed by atoms with Gasteiger partial charge in [0.15, 0.2) is 0 Å². The van der Waals surface area contributed by atoms with E-state index in [1.165, 1.54) is 16.9 Å². The molecule has 0 aliphatic carbocycles. The molecule has 0 nitrogen and oxygen atoms in total. The zero-order valence-electron chi connectivity index (χ0n) is 11.0. The van der Waals surface area contributed by atoms with Crippen LogP contribution in [0.15, 0.2) is 34.8 Å². The molecule has 0 aliphatic heterocycles. The number of hydrogen-bond donors (Lipinski definition) is 0. The van der Waals surface area contributed by atoms with Gasteiger partial charge in [-0.3, -0.25) is 0 Å². The maximum absolute atomic E-state index is 3.88. The molecular weight excluding hydrogens is 200 g/mol. The van der Waals surface area contributed by atoms with E-state index >= 15 is 0 Å². The molecule has 0 spiro atoms. The molecule has 0 saturated carbocycles. The Balaban J connectivity index is 4.74. The highest BCUT2D eigenvalue weighted by atomic mass is 32.2. The lowest BCUT2D eigenvalue weighted by molar-refractivity contribution is 0.687. The molecule has 0 amide bonds. The van der Waals surface area contributed by atoms with Crippen molar-refractivity contribution >= 4 is 11.8 Å². The Morgan fingerprint density at radius 3 is 2.07 bits per heavy atom. The number of thioether (sulfide) groups is 1. The normalized spacial score (nSPS) is 11.9. The summed E-state index contributed by atoms with van der Waals surface area (Å²) in [6.07, 6.45) is 5.44. The van der Waals surface area contributed by atoms with E-state index in [0.29, 0.717) is 4.75 Å². The van der Waals surface area contributed by atoms with E-state index in [1.54, 1.807) is 0 Å². The zero-order chi connectivity index (χ0) is 12.1. The van der Waals surface area contributed by atoms with E-state index in [2.05, 4.69) is 53.3 Å². The van der Waals surface area contributed by atoms with Gasteiger partial charge in [0.2, 0.25) is 0 Å². The van der Waals surface area contributed by atoms with Crippen molar-refractivity contribution in [3.63, 3.8) is 0 Å². The summed E-state index contributed by atoms with van der Waals surface area (Å²) in [5.41, 5.74) is 2.47. The average molecular weight is 224 g/mol. The SMILES string of the molecule is C=C(C)C=CC(SC(C)(C)CC)=C(C)C. The molecule has 0 radical (unpaired) electrons. The zero-order valence-corrected chi connectivity index (χ0v) is 11.8. The molecule has 0 aromatic carbocycles. The van der Waals surface area contributed by atoms with Crippen molar-refractivity contribution in [3.05, 3.63) is 34.8 Å². The first-order valence-electron chi connectivity index (χ1n) is 5.48. The summed E-state index contributed by atoms with van der Waals surface area (Å²) in [4.78, 5) is 1.37. The van der Waals surface area contributed by atoms with Crippen LogP contribution in [-0.4, -0.2) is 4.75 Å². The lowest BCUT2D eigenvalue weighted by Gasteiger charge is -2.23. The van der Waals surface area contributed by atoms with Gasteiger partial charge >= 0.3 is 0 Å². The quantitative estimate of drug-likeness (QED) is 0.568. The van der Waals surface area contributed by atoms with Crippen LogP contribution in [0.5, 0.6) is 0 Å². The highest BCUT2D eigenvalue weighted by Crippen LogP contribution is 2.36. The molecule has 0 aromatic rings. The summed E-state index contributed by atoms with van der Waals surface area (Å²) in [5, 5.41) is 0. The van der Waals surface area contributed by atoms with E-state index in [0.717, 1.165) is 5.57 Å². The number of allylic oxidation sites excluding steroid dienone is 4. The van der Waals surface area contributed by atoms with Crippen LogP contribution in [-0.2, 0) is 0 Å². The molecular formula is C14H24S. The summed E-state index contributed by atoms with van der Waals surface area (Å²) in [6.45, 7) is 17.0. The fourth-order valence-electron chi connectivity index (χ4n) is 0.891. The maximum atomic E-state index is 3.88. The van der Waals surface area contributed by atoms with Crippen LogP contribution >= 0.6 is 11.8 Å². The Morgan fingerprint density at radius 1 is 1.20 bits per heavy atom. The maximum Gasteiger partial charge on any atom is 0.0148 e. The monoisotopic (exact) mass is 224 g/mol. The molecule has 0 rings (SSSR count). The Kier molecular flexibility index (Phi) is 6.04. The number of hydrogen-bond acceptors (Lipinski definition) is 1. The molecule has 0 aliphatic rings. The minimum absolute atomic E-state index is 0.312. The van der Waals surface area contributed by atoms with Crippen LogP contribution in [0.3, 0.4) is 0 Å². The van der Waals surface area contributed by atoms with Gasteiger partial charge in [0.25, 0.3) is 0 Å². The molecule has 0 saturated heterocycles. The van der Waals surface area contributed by atoms with Crippen molar-refractivity contribution in [2.24, 2.45) is 0 Å². The van der Waals surface area contributed by atoms with Gasteiger partial charge in [-0.05, 0) is 33.3 Å². The first-order valence-corrected chi connectivity index (χ1v) is 6.30. The van der Waals surface area contributed by atoms with Crippen molar-refractivity contribution in [1.29, 1.82) is 0 Å². The second-order valence-electron chi connectivity index (χ2n) is 4.76. The van der Waals surface area contributed by atoms with E-state index < -0.39 is 0 Å². The van der Waals surface area contributed by atoms with Gasteiger partial charge in [0.1, 0.15) is 0 Å². The first-order chi connectivity index (χ1) is 6.78. The van der Waals surface area contributed by atoms with E-state index in [9.17, 15) is 0 Å². The Hall–Kier alpha value is -0.430. The van der Waals surface area contributed by atoms with Gasteiger partial charge in [0, 0.05) is 9.65 Å². The van der Waals surface area contributed by atoms with Crippen LogP contribution in [0.4, 0.5) is 0 Å². The topological polar surface area (TPSA) is 0 Å². The average Bonchev–Trinajstić information content (AvgIpc) is 2.11. The standard InChI is InChI=1S/C14H24S/c1-8-14(6,7)15-13(12(4)5)10-9-11(2)3/h9-10H,2,8H2,1,3-7H3. The van der Waals surface area contributed by atoms with Crippen LogP contribution in [0.25, 0.3) is 0 Å². The summed E-state index contributed by atoms with van der Waals surface area (Å²) in [6, 6.07) is 0. The predicted molar refractivity (Wildman–Crippen MR) is 74.3 cm³/mol. The fourth-order valence-corrected chi connectivity index (χ4v) is 1.97. The molecule has 0 bridgehead atoms. The lowest BCUT2D eigenvalue weighted by atomic mass is 10.1. The van der Waals surface area contributed by atoms with Crippen molar-refractivity contribution < 1.29 is 0 Å². The van der Waals surface area contributed by atoms with Crippen molar-refractivity contribution in [1.82, 2.24) is 0 Å². The number of rotatable bonds is 5. The molecule has 0 aromatic heterocycles. The van der Waals surface area contributed by atoms with Gasteiger partial charge in [0.05, 0.1) is 0 Å². The largest absolute Gasteiger partial charge is 0.120 e. The van der Waals surface area contributed by atoms with Crippen LogP contribution in [0, 0.1) is 0 Å². The Morgan fingerprint density at radius 2 is 1.73 bits per heavy atom. The lowest BCUT2D eigenvalue weighted by Crippen LogP contribution is -2.12. The van der Waals surface area contributed by atoms with Crippen LogP contribution in [0.1, 0.15) is 48.0 Å². The molecule has 0 N–H and O–H groups in total. The van der Waals surface area contributed by atoms with Gasteiger partial charge in [-0.2, -0.15) is 0 Å². The van der Waals surface area contributed by atoms with Gasteiger partial charge in [-0.1, -0.05) is 44.6 Å². The van der Waals surface area contributed by atoms with E-state index in [1.807, 2.05) is 18.7 Å². The second-order valence-corrected chi connectivity index (χ2v) is 6.51. The molecule has 0 heterocycles. The van der Waals surface area contributed by atoms with Crippen LogP contribution in [0.2, 0.25) is 0 Å². The molecule has 0 atom stereocenters. The molecule has 15 heavy (non-hydrogen) atoms. The molecule has 1 heteroatoms. The van der Waals surface area contributed by atoms with Crippen molar-refractivity contribution in [2.45, 2.75) is 52.7 Å². The highest BCUT2D eigenvalue weighted by molar-refractivity contribution is 8.04. The Bertz CT molecular complexity index is 276. The minimum atomic E-state index is 0.312. The van der Waals surface area contributed by atoms with Gasteiger partial charge in [-0.15, -0.1) is 11.8 Å². The summed E-state index contributed by atoms with van der Waals surface area (Å²) >= 11 is 1.95. The predicted octanol–water partition coefficient (Wildman–Crippen LogP) is 5.33. The Labute approximate surface area is 99.5 Å². The van der Waals surface area contributed by atoms with E-state index in [-0.39, 0.29) is 0 Å². The van der Waals surface area contributed by atoms with Crippen molar-refractivity contribution in [3.8, 4) is 0 Å². The third kappa shape index (κ3) is 6.62. The first kappa shape index (κ1) is 14.6.